The second kappa shape index (κ2) is 11.3. The van der Waals surface area contributed by atoms with Gasteiger partial charge in [0, 0.05) is 33.7 Å². The molecule has 0 bridgehead atoms. The van der Waals surface area contributed by atoms with Crippen molar-refractivity contribution in [3.8, 4) is 0 Å². The zero-order chi connectivity index (χ0) is 28.6. The number of aromatic nitrogens is 1. The van der Waals surface area contributed by atoms with E-state index >= 15 is 0 Å². The van der Waals surface area contributed by atoms with Crippen LogP contribution in [0, 0.1) is 0 Å². The molecule has 0 aliphatic carbocycles. The number of para-hydroxylation sites is 1. The van der Waals surface area contributed by atoms with Crippen molar-refractivity contribution in [2.75, 3.05) is 6.54 Å². The molecule has 5 rings (SSSR count). The quantitative estimate of drug-likeness (QED) is 0.208. The topological polar surface area (TPSA) is 64.1 Å². The van der Waals surface area contributed by atoms with Crippen LogP contribution in [0.15, 0.2) is 79.0 Å². The van der Waals surface area contributed by atoms with Crippen LogP contribution in [-0.4, -0.2) is 39.7 Å². The van der Waals surface area contributed by atoms with Gasteiger partial charge in [0.1, 0.15) is 11.7 Å². The molecular formula is C32H32Cl2N2O4. The molecule has 1 aromatic heterocycles. The number of carbonyl (C=O) groups is 2. The van der Waals surface area contributed by atoms with Crippen LogP contribution in [0.2, 0.25) is 10.0 Å². The fourth-order valence-electron chi connectivity index (χ4n) is 5.02. The third-order valence-corrected chi connectivity index (χ3v) is 7.72. The molecule has 8 heteroatoms. The van der Waals surface area contributed by atoms with Crippen molar-refractivity contribution in [1.29, 1.82) is 0 Å². The monoisotopic (exact) mass is 578 g/mol. The summed E-state index contributed by atoms with van der Waals surface area (Å²) in [5.41, 5.74) is 2.74. The molecule has 0 saturated carbocycles. The molecule has 3 aromatic carbocycles. The van der Waals surface area contributed by atoms with E-state index in [1.54, 1.807) is 22.8 Å². The minimum absolute atomic E-state index is 0.131. The van der Waals surface area contributed by atoms with Crippen molar-refractivity contribution in [3.05, 3.63) is 106 Å². The van der Waals surface area contributed by atoms with Crippen LogP contribution in [0.1, 0.15) is 56.5 Å². The molecule has 0 N–H and O–H groups in total. The minimum Gasteiger partial charge on any atom is -0.443 e. The Labute approximate surface area is 244 Å². The lowest BCUT2D eigenvalue weighted by atomic mass is 10.0. The van der Waals surface area contributed by atoms with Gasteiger partial charge in [0.2, 0.25) is 0 Å². The average Bonchev–Trinajstić information content (AvgIpc) is 3.61. The van der Waals surface area contributed by atoms with Gasteiger partial charge in [0.05, 0.1) is 11.6 Å². The summed E-state index contributed by atoms with van der Waals surface area (Å²) in [5, 5.41) is 1.90. The lowest BCUT2D eigenvalue weighted by Gasteiger charge is -2.29. The van der Waals surface area contributed by atoms with Crippen LogP contribution in [0.3, 0.4) is 0 Å². The Morgan fingerprint density at radius 2 is 1.62 bits per heavy atom. The Hall–Kier alpha value is -3.32. The van der Waals surface area contributed by atoms with E-state index in [0.29, 0.717) is 28.6 Å². The van der Waals surface area contributed by atoms with Gasteiger partial charge in [-0.3, -0.25) is 9.36 Å². The normalized spacial score (nSPS) is 17.4. The van der Waals surface area contributed by atoms with Crippen LogP contribution in [0.25, 0.3) is 10.9 Å². The fourth-order valence-corrected chi connectivity index (χ4v) is 5.64. The van der Waals surface area contributed by atoms with E-state index in [1.165, 1.54) is 0 Å². The Morgan fingerprint density at radius 3 is 2.30 bits per heavy atom. The van der Waals surface area contributed by atoms with E-state index in [2.05, 4.69) is 0 Å². The lowest BCUT2D eigenvalue weighted by Crippen LogP contribution is -2.38. The van der Waals surface area contributed by atoms with Gasteiger partial charge in [-0.1, -0.05) is 77.8 Å². The van der Waals surface area contributed by atoms with Crippen molar-refractivity contribution in [3.63, 3.8) is 0 Å². The highest BCUT2D eigenvalue weighted by atomic mass is 35.5. The number of epoxide rings is 1. The third kappa shape index (κ3) is 5.90. The van der Waals surface area contributed by atoms with Crippen molar-refractivity contribution in [2.45, 2.75) is 58.0 Å². The molecule has 1 fully saturated rings. The first-order chi connectivity index (χ1) is 19.0. The number of amides is 1. The number of benzene rings is 3. The predicted molar refractivity (Wildman–Crippen MR) is 158 cm³/mol. The van der Waals surface area contributed by atoms with E-state index in [1.807, 2.05) is 93.4 Å². The summed E-state index contributed by atoms with van der Waals surface area (Å²) in [4.78, 5) is 28.7. The first-order valence-electron chi connectivity index (χ1n) is 13.3. The van der Waals surface area contributed by atoms with Gasteiger partial charge < -0.3 is 14.4 Å². The summed E-state index contributed by atoms with van der Waals surface area (Å²) in [6, 6.07) is 22.7. The van der Waals surface area contributed by atoms with Gasteiger partial charge >= 0.3 is 6.09 Å². The maximum absolute atomic E-state index is 13.9. The van der Waals surface area contributed by atoms with E-state index in [4.69, 9.17) is 32.7 Å². The van der Waals surface area contributed by atoms with Gasteiger partial charge in [-0.05, 0) is 63.4 Å². The first kappa shape index (κ1) is 28.2. The molecule has 1 aliphatic heterocycles. The molecule has 0 unspecified atom stereocenters. The molecule has 6 nitrogen and oxygen atoms in total. The lowest BCUT2D eigenvalue weighted by molar-refractivity contribution is -0.134. The Bertz CT molecular complexity index is 1520. The predicted octanol–water partition coefficient (Wildman–Crippen LogP) is 8.00. The van der Waals surface area contributed by atoms with Crippen LogP contribution in [0.4, 0.5) is 4.79 Å². The van der Waals surface area contributed by atoms with Crippen molar-refractivity contribution < 1.29 is 19.1 Å². The molecule has 1 aliphatic rings. The highest BCUT2D eigenvalue weighted by Crippen LogP contribution is 2.46. The molecule has 1 amide bonds. The largest absolute Gasteiger partial charge is 0.443 e. The number of hydrogen-bond acceptors (Lipinski definition) is 4. The van der Waals surface area contributed by atoms with Gasteiger partial charge in [0.25, 0.3) is 5.91 Å². The Morgan fingerprint density at radius 1 is 0.975 bits per heavy atom. The van der Waals surface area contributed by atoms with Crippen LogP contribution in [0.5, 0.6) is 0 Å². The molecule has 1 saturated heterocycles. The van der Waals surface area contributed by atoms with Gasteiger partial charge in [0.15, 0.2) is 6.10 Å². The maximum Gasteiger partial charge on any atom is 0.419 e. The van der Waals surface area contributed by atoms with Gasteiger partial charge in [-0.25, -0.2) is 4.79 Å². The third-order valence-electron chi connectivity index (χ3n) is 7.06. The summed E-state index contributed by atoms with van der Waals surface area (Å²) < 4.78 is 13.1. The second-order valence-electron chi connectivity index (χ2n) is 11.0. The molecule has 4 aromatic rings. The number of ether oxygens (including phenoxy) is 2. The highest BCUT2D eigenvalue weighted by molar-refractivity contribution is 6.36. The molecule has 3 atom stereocenters. The standard InChI is InChI=1S/C32H32Cl2N2O4/c1-20(21-11-6-5-7-12-21)35(30(37)29-28(39-29)27-24(33)14-10-15-25(27)34)18-17-22-19-36(31(38)40-32(2,3)4)26-16-9-8-13-23(22)26/h5-16,19-20,28-29H,17-18H2,1-4H3/t20-,28-,29+/m0/s1. The SMILES string of the molecule is C[C@@H](c1ccccc1)N(CCc1cn(C(=O)OC(C)(C)C)c2ccccc12)C(=O)[C@@H]1O[C@H]1c1c(Cl)cccc1Cl. The van der Waals surface area contributed by atoms with Crippen LogP contribution < -0.4 is 0 Å². The summed E-state index contributed by atoms with van der Waals surface area (Å²) in [6.07, 6.45) is 0.740. The number of halogens is 2. The number of carbonyl (C=O) groups excluding carboxylic acids is 2. The van der Waals surface area contributed by atoms with E-state index < -0.39 is 23.9 Å². The Balaban J connectivity index is 1.43. The zero-order valence-corrected chi connectivity index (χ0v) is 24.4. The summed E-state index contributed by atoms with van der Waals surface area (Å²) in [5.74, 6) is -0.131. The number of nitrogens with zero attached hydrogens (tertiary/aromatic N) is 2. The number of hydrogen-bond donors (Lipinski definition) is 0. The first-order valence-corrected chi connectivity index (χ1v) is 14.1. The van der Waals surface area contributed by atoms with Crippen molar-refractivity contribution >= 4 is 46.1 Å². The minimum atomic E-state index is -0.674. The molecule has 2 heterocycles. The average molecular weight is 580 g/mol. The van der Waals surface area contributed by atoms with E-state index in [0.717, 1.165) is 22.0 Å². The molecule has 208 valence electrons. The molecular weight excluding hydrogens is 547 g/mol. The fraction of sp³-hybridized carbons (Fsp3) is 0.312. The van der Waals surface area contributed by atoms with Crippen LogP contribution in [-0.2, 0) is 20.7 Å². The maximum atomic E-state index is 13.9. The molecule has 0 spiro atoms. The zero-order valence-electron chi connectivity index (χ0n) is 22.9. The van der Waals surface area contributed by atoms with Crippen molar-refractivity contribution in [2.24, 2.45) is 0 Å². The Kier molecular flexibility index (Phi) is 7.96. The number of rotatable bonds is 7. The van der Waals surface area contributed by atoms with E-state index in [-0.39, 0.29) is 11.9 Å². The summed E-state index contributed by atoms with van der Waals surface area (Å²) >= 11 is 12.8. The molecule has 40 heavy (non-hydrogen) atoms. The summed E-state index contributed by atoms with van der Waals surface area (Å²) in [6.45, 7) is 7.95. The second-order valence-corrected chi connectivity index (χ2v) is 11.8. The summed E-state index contributed by atoms with van der Waals surface area (Å²) in [7, 11) is 0. The molecule has 0 radical (unpaired) electrons. The highest BCUT2D eigenvalue weighted by Gasteiger charge is 2.50. The number of fused-ring (bicyclic) bond motifs is 1. The van der Waals surface area contributed by atoms with Gasteiger partial charge in [-0.15, -0.1) is 0 Å². The van der Waals surface area contributed by atoms with Gasteiger partial charge in [-0.2, -0.15) is 0 Å². The van der Waals surface area contributed by atoms with Crippen LogP contribution >= 0.6 is 23.2 Å². The smallest absolute Gasteiger partial charge is 0.419 e. The van der Waals surface area contributed by atoms with E-state index in [9.17, 15) is 9.59 Å². The van der Waals surface area contributed by atoms with Crippen molar-refractivity contribution in [1.82, 2.24) is 9.47 Å².